The molecule has 1 aromatic rings. The van der Waals surface area contributed by atoms with Crippen LogP contribution in [0.3, 0.4) is 0 Å². The molecule has 1 rings (SSSR count). The average Bonchev–Trinajstić information content (AvgIpc) is 2.11. The van der Waals surface area contributed by atoms with Gasteiger partial charge in [0, 0.05) is 22.4 Å². The summed E-state index contributed by atoms with van der Waals surface area (Å²) in [6, 6.07) is 4.83. The largest absolute Gasteiger partial charge is 0.303 e. The summed E-state index contributed by atoms with van der Waals surface area (Å²) in [7, 11) is 0. The molecular weight excluding hydrogens is 313 g/mol. The summed E-state index contributed by atoms with van der Waals surface area (Å²) in [6.07, 6.45) is 0.793. The molecular formula is C10H7Cl5O. The van der Waals surface area contributed by atoms with Crippen molar-refractivity contribution in [3.8, 4) is 0 Å². The van der Waals surface area contributed by atoms with Crippen LogP contribution in [0.1, 0.15) is 17.9 Å². The highest BCUT2D eigenvalue weighted by molar-refractivity contribution is 6.67. The third-order valence-corrected chi connectivity index (χ3v) is 2.83. The van der Waals surface area contributed by atoms with Gasteiger partial charge in [-0.05, 0) is 23.8 Å². The van der Waals surface area contributed by atoms with Crippen molar-refractivity contribution in [3.05, 3.63) is 33.8 Å². The molecule has 0 heterocycles. The van der Waals surface area contributed by atoms with Crippen LogP contribution in [-0.4, -0.2) is 10.1 Å². The van der Waals surface area contributed by atoms with Crippen LogP contribution in [0.2, 0.25) is 10.0 Å². The first-order valence-electron chi connectivity index (χ1n) is 4.30. The summed E-state index contributed by atoms with van der Waals surface area (Å²) in [5.41, 5.74) is 0.638. The van der Waals surface area contributed by atoms with E-state index in [2.05, 4.69) is 0 Å². The highest BCUT2D eigenvalue weighted by Crippen LogP contribution is 2.37. The third kappa shape index (κ3) is 4.68. The molecule has 0 aromatic heterocycles. The molecule has 0 spiro atoms. The number of carbonyl (C=O) groups excluding carboxylic acids is 1. The molecule has 88 valence electrons. The monoisotopic (exact) mass is 318 g/mol. The van der Waals surface area contributed by atoms with Gasteiger partial charge in [-0.3, -0.25) is 0 Å². The summed E-state index contributed by atoms with van der Waals surface area (Å²) in [5, 5.41) is 0.886. The van der Waals surface area contributed by atoms with E-state index in [1.54, 1.807) is 18.2 Å². The average molecular weight is 320 g/mol. The lowest BCUT2D eigenvalue weighted by molar-refractivity contribution is -0.109. The Morgan fingerprint density at radius 2 is 1.62 bits per heavy atom. The summed E-state index contributed by atoms with van der Waals surface area (Å²) >= 11 is 28.6. The zero-order chi connectivity index (χ0) is 12.3. The van der Waals surface area contributed by atoms with Crippen LogP contribution in [0.25, 0.3) is 0 Å². The summed E-state index contributed by atoms with van der Waals surface area (Å²) in [4.78, 5) is 10.9. The Labute approximate surface area is 119 Å². The molecule has 0 saturated carbocycles. The minimum Gasteiger partial charge on any atom is -0.303 e. The number of rotatable bonds is 3. The molecule has 6 heteroatoms. The predicted octanol–water partition coefficient (Wildman–Crippen LogP) is 5.04. The normalized spacial score (nSPS) is 13.6. The molecule has 1 unspecified atom stereocenters. The summed E-state index contributed by atoms with van der Waals surface area (Å²) in [6.45, 7) is 0. The van der Waals surface area contributed by atoms with Crippen LogP contribution in [0, 0.1) is 0 Å². The molecule has 0 fully saturated rings. The third-order valence-electron chi connectivity index (χ3n) is 1.93. The van der Waals surface area contributed by atoms with Gasteiger partial charge in [-0.25, -0.2) is 0 Å². The van der Waals surface area contributed by atoms with Crippen molar-refractivity contribution in [3.63, 3.8) is 0 Å². The minimum absolute atomic E-state index is 0.0812. The van der Waals surface area contributed by atoms with Crippen molar-refractivity contribution in [2.75, 3.05) is 0 Å². The van der Waals surface area contributed by atoms with E-state index in [1.165, 1.54) is 0 Å². The topological polar surface area (TPSA) is 17.1 Å². The first-order valence-corrected chi connectivity index (χ1v) is 6.19. The van der Waals surface area contributed by atoms with Crippen molar-refractivity contribution in [1.29, 1.82) is 0 Å². The van der Waals surface area contributed by atoms with Gasteiger partial charge in [0.25, 0.3) is 0 Å². The van der Waals surface area contributed by atoms with Crippen LogP contribution in [0.4, 0.5) is 0 Å². The molecule has 0 radical (unpaired) electrons. The second-order valence-electron chi connectivity index (χ2n) is 3.26. The number of alkyl halides is 3. The molecule has 0 saturated heterocycles. The maximum atomic E-state index is 10.9. The quantitative estimate of drug-likeness (QED) is 0.563. The Morgan fingerprint density at radius 1 is 1.12 bits per heavy atom. The fraction of sp³-hybridized carbons (Fsp3) is 0.300. The highest BCUT2D eigenvalue weighted by atomic mass is 35.6. The standard InChI is InChI=1S/C10H7Cl5O/c11-8-1-6(2-9(12)3-8)7(5-16)4-10(13,14)15/h1-3,5,7H,4H2. The number of hydrogen-bond acceptors (Lipinski definition) is 1. The zero-order valence-corrected chi connectivity index (χ0v) is 11.7. The van der Waals surface area contributed by atoms with Crippen molar-refractivity contribution in [2.24, 2.45) is 0 Å². The van der Waals surface area contributed by atoms with Crippen LogP contribution >= 0.6 is 58.0 Å². The van der Waals surface area contributed by atoms with Gasteiger partial charge < -0.3 is 4.79 Å². The van der Waals surface area contributed by atoms with E-state index in [-0.39, 0.29) is 6.42 Å². The number of carbonyl (C=O) groups is 1. The van der Waals surface area contributed by atoms with Crippen LogP contribution in [0.15, 0.2) is 18.2 Å². The van der Waals surface area contributed by atoms with E-state index in [9.17, 15) is 4.79 Å². The molecule has 1 nitrogen and oxygen atoms in total. The molecule has 0 N–H and O–H groups in total. The van der Waals surface area contributed by atoms with E-state index in [0.29, 0.717) is 21.9 Å². The van der Waals surface area contributed by atoms with E-state index in [0.717, 1.165) is 0 Å². The van der Waals surface area contributed by atoms with Crippen LogP contribution in [-0.2, 0) is 4.79 Å². The van der Waals surface area contributed by atoms with Gasteiger partial charge in [0.05, 0.1) is 0 Å². The predicted molar refractivity (Wildman–Crippen MR) is 70.2 cm³/mol. The van der Waals surface area contributed by atoms with Gasteiger partial charge in [-0.2, -0.15) is 0 Å². The van der Waals surface area contributed by atoms with Crippen molar-refractivity contribution >= 4 is 64.3 Å². The summed E-state index contributed by atoms with van der Waals surface area (Å²) in [5.74, 6) is -0.538. The van der Waals surface area contributed by atoms with E-state index in [1.807, 2.05) is 0 Å². The van der Waals surface area contributed by atoms with Gasteiger partial charge >= 0.3 is 0 Å². The SMILES string of the molecule is O=CC(CC(Cl)(Cl)Cl)c1cc(Cl)cc(Cl)c1. The molecule has 0 aliphatic heterocycles. The van der Waals surface area contributed by atoms with Crippen molar-refractivity contribution < 1.29 is 4.79 Å². The van der Waals surface area contributed by atoms with E-state index >= 15 is 0 Å². The van der Waals surface area contributed by atoms with Gasteiger partial charge in [0.2, 0.25) is 0 Å². The Kier molecular flexibility index (Phi) is 5.21. The number of halogens is 5. The smallest absolute Gasteiger partial charge is 0.191 e. The lowest BCUT2D eigenvalue weighted by atomic mass is 9.98. The molecule has 0 bridgehead atoms. The van der Waals surface area contributed by atoms with E-state index < -0.39 is 9.71 Å². The molecule has 0 aliphatic carbocycles. The van der Waals surface area contributed by atoms with Crippen molar-refractivity contribution in [1.82, 2.24) is 0 Å². The Balaban J connectivity index is 2.99. The first-order chi connectivity index (χ1) is 7.31. The molecule has 0 aliphatic rings. The van der Waals surface area contributed by atoms with Gasteiger partial charge in [-0.15, -0.1) is 0 Å². The van der Waals surface area contributed by atoms with Crippen LogP contribution < -0.4 is 0 Å². The minimum atomic E-state index is -1.49. The first kappa shape index (κ1) is 14.4. The Bertz CT molecular complexity index is 365. The lowest BCUT2D eigenvalue weighted by Crippen LogP contribution is -2.11. The van der Waals surface area contributed by atoms with Crippen LogP contribution in [0.5, 0.6) is 0 Å². The fourth-order valence-electron chi connectivity index (χ4n) is 1.28. The Morgan fingerprint density at radius 3 is 2.00 bits per heavy atom. The van der Waals surface area contributed by atoms with Gasteiger partial charge in [-0.1, -0.05) is 58.0 Å². The van der Waals surface area contributed by atoms with E-state index in [4.69, 9.17) is 58.0 Å². The molecule has 1 aromatic carbocycles. The van der Waals surface area contributed by atoms with Crippen molar-refractivity contribution in [2.45, 2.75) is 16.1 Å². The zero-order valence-electron chi connectivity index (χ0n) is 7.89. The fourth-order valence-corrected chi connectivity index (χ4v) is 2.32. The number of aldehydes is 1. The lowest BCUT2D eigenvalue weighted by Gasteiger charge is -2.17. The maximum absolute atomic E-state index is 10.9. The molecule has 16 heavy (non-hydrogen) atoms. The number of hydrogen-bond donors (Lipinski definition) is 0. The second-order valence-corrected chi connectivity index (χ2v) is 6.65. The molecule has 1 atom stereocenters. The molecule has 0 amide bonds. The second kappa shape index (κ2) is 5.79. The van der Waals surface area contributed by atoms with Gasteiger partial charge in [0.1, 0.15) is 6.29 Å². The highest BCUT2D eigenvalue weighted by Gasteiger charge is 2.26. The number of benzene rings is 1. The van der Waals surface area contributed by atoms with Gasteiger partial charge in [0.15, 0.2) is 3.79 Å². The Hall–Kier alpha value is 0.340. The summed E-state index contributed by atoms with van der Waals surface area (Å²) < 4.78 is -1.49. The maximum Gasteiger partial charge on any atom is 0.191 e.